The number of hydrogen-bond donors (Lipinski definition) is 0. The third kappa shape index (κ3) is 1.78. The molecule has 2 heteroatoms. The Morgan fingerprint density at radius 1 is 1.50 bits per heavy atom. The molecular formula is C10H18N2. The molecule has 1 heterocycles. The van der Waals surface area contributed by atoms with E-state index in [4.69, 9.17) is 5.26 Å². The van der Waals surface area contributed by atoms with Crippen molar-refractivity contribution < 1.29 is 0 Å². The van der Waals surface area contributed by atoms with Gasteiger partial charge < -0.3 is 0 Å². The molecule has 1 aliphatic rings. The van der Waals surface area contributed by atoms with Crippen LogP contribution in [0.15, 0.2) is 0 Å². The normalized spacial score (nSPS) is 30.9. The van der Waals surface area contributed by atoms with E-state index in [-0.39, 0.29) is 0 Å². The van der Waals surface area contributed by atoms with E-state index in [0.29, 0.717) is 18.5 Å². The molecule has 1 fully saturated rings. The van der Waals surface area contributed by atoms with Crippen LogP contribution in [0.5, 0.6) is 0 Å². The van der Waals surface area contributed by atoms with E-state index in [2.05, 4.69) is 31.9 Å². The minimum absolute atomic E-state index is 0.516. The number of likely N-dealkylation sites (tertiary alicyclic amines) is 1. The summed E-state index contributed by atoms with van der Waals surface area (Å²) >= 11 is 0. The number of nitriles is 1. The lowest BCUT2D eigenvalue weighted by Crippen LogP contribution is -2.35. The van der Waals surface area contributed by atoms with E-state index in [1.807, 2.05) is 0 Å². The average Bonchev–Trinajstić information content (AvgIpc) is 2.34. The first-order valence-electron chi connectivity index (χ1n) is 4.75. The quantitative estimate of drug-likeness (QED) is 0.627. The molecular weight excluding hydrogens is 148 g/mol. The second-order valence-electron chi connectivity index (χ2n) is 4.07. The molecule has 0 amide bonds. The van der Waals surface area contributed by atoms with E-state index in [1.165, 1.54) is 12.8 Å². The summed E-state index contributed by atoms with van der Waals surface area (Å²) in [4.78, 5) is 2.38. The lowest BCUT2D eigenvalue weighted by Gasteiger charge is -2.27. The van der Waals surface area contributed by atoms with Crippen LogP contribution in [0.4, 0.5) is 0 Å². The highest BCUT2D eigenvalue weighted by molar-refractivity contribution is 4.91. The van der Waals surface area contributed by atoms with Crippen LogP contribution in [0.25, 0.3) is 0 Å². The van der Waals surface area contributed by atoms with Crippen molar-refractivity contribution in [1.29, 1.82) is 5.26 Å². The van der Waals surface area contributed by atoms with Crippen LogP contribution in [0.3, 0.4) is 0 Å². The summed E-state index contributed by atoms with van der Waals surface area (Å²) in [7, 11) is 2.15. The van der Waals surface area contributed by atoms with Gasteiger partial charge in [-0.15, -0.1) is 0 Å². The lowest BCUT2D eigenvalue weighted by atomic mass is 10.0. The maximum Gasteiger partial charge on any atom is 0.0638 e. The zero-order chi connectivity index (χ0) is 9.14. The third-order valence-corrected chi connectivity index (χ3v) is 2.99. The fraction of sp³-hybridized carbons (Fsp3) is 0.900. The van der Waals surface area contributed by atoms with Gasteiger partial charge in [-0.25, -0.2) is 0 Å². The fourth-order valence-corrected chi connectivity index (χ4v) is 2.20. The van der Waals surface area contributed by atoms with Crippen molar-refractivity contribution in [3.63, 3.8) is 0 Å². The van der Waals surface area contributed by atoms with Crippen LogP contribution in [0.2, 0.25) is 0 Å². The molecule has 1 saturated heterocycles. The predicted molar refractivity (Wildman–Crippen MR) is 49.6 cm³/mol. The highest BCUT2D eigenvalue weighted by Crippen LogP contribution is 2.28. The van der Waals surface area contributed by atoms with Crippen LogP contribution in [-0.2, 0) is 0 Å². The zero-order valence-electron chi connectivity index (χ0n) is 8.25. The molecule has 0 aromatic rings. The summed E-state index contributed by atoms with van der Waals surface area (Å²) in [6.07, 6.45) is 3.16. The Hall–Kier alpha value is -0.550. The number of hydrogen-bond acceptors (Lipinski definition) is 2. The molecule has 68 valence electrons. The van der Waals surface area contributed by atoms with Gasteiger partial charge in [0, 0.05) is 12.1 Å². The summed E-state index contributed by atoms with van der Waals surface area (Å²) in [6, 6.07) is 3.47. The van der Waals surface area contributed by atoms with Gasteiger partial charge in [0.1, 0.15) is 0 Å². The highest BCUT2D eigenvalue weighted by Gasteiger charge is 2.31. The molecule has 2 unspecified atom stereocenters. The maximum atomic E-state index is 8.59. The second kappa shape index (κ2) is 3.91. The molecule has 0 N–H and O–H groups in total. The molecule has 0 aromatic heterocycles. The highest BCUT2D eigenvalue weighted by atomic mass is 15.2. The predicted octanol–water partition coefficient (Wildman–Crippen LogP) is 2.02. The SMILES string of the molecule is CC(C)C1CCC(CC#N)N1C. The van der Waals surface area contributed by atoms with Gasteiger partial charge in [-0.1, -0.05) is 13.8 Å². The molecule has 1 rings (SSSR count). The van der Waals surface area contributed by atoms with Crippen LogP contribution in [-0.4, -0.2) is 24.0 Å². The Kier molecular flexibility index (Phi) is 3.11. The topological polar surface area (TPSA) is 27.0 Å². The first-order chi connectivity index (χ1) is 5.66. The van der Waals surface area contributed by atoms with E-state index in [1.54, 1.807) is 0 Å². The summed E-state index contributed by atoms with van der Waals surface area (Å²) in [6.45, 7) is 4.52. The molecule has 0 bridgehead atoms. The molecule has 0 aromatic carbocycles. The van der Waals surface area contributed by atoms with E-state index >= 15 is 0 Å². The Bertz CT molecular complexity index is 181. The van der Waals surface area contributed by atoms with E-state index < -0.39 is 0 Å². The Labute approximate surface area is 75.2 Å². The molecule has 0 radical (unpaired) electrons. The van der Waals surface area contributed by atoms with Gasteiger partial charge in [0.25, 0.3) is 0 Å². The monoisotopic (exact) mass is 166 g/mol. The van der Waals surface area contributed by atoms with Crippen LogP contribution >= 0.6 is 0 Å². The molecule has 0 aliphatic carbocycles. The van der Waals surface area contributed by atoms with Crippen molar-refractivity contribution in [3.8, 4) is 6.07 Å². The third-order valence-electron chi connectivity index (χ3n) is 2.99. The van der Waals surface area contributed by atoms with Crippen molar-refractivity contribution in [2.24, 2.45) is 5.92 Å². The molecule has 2 nitrogen and oxygen atoms in total. The fourth-order valence-electron chi connectivity index (χ4n) is 2.20. The van der Waals surface area contributed by atoms with Gasteiger partial charge in [-0.3, -0.25) is 4.90 Å². The van der Waals surface area contributed by atoms with Gasteiger partial charge in [0.05, 0.1) is 12.5 Å². The summed E-state index contributed by atoms with van der Waals surface area (Å²) in [5.74, 6) is 0.721. The minimum atomic E-state index is 0.516. The van der Waals surface area contributed by atoms with Crippen LogP contribution in [0, 0.1) is 17.2 Å². The van der Waals surface area contributed by atoms with Crippen molar-refractivity contribution in [1.82, 2.24) is 4.90 Å². The van der Waals surface area contributed by atoms with Gasteiger partial charge in [0.2, 0.25) is 0 Å². The molecule has 0 saturated carbocycles. The second-order valence-corrected chi connectivity index (χ2v) is 4.07. The average molecular weight is 166 g/mol. The van der Waals surface area contributed by atoms with Crippen molar-refractivity contribution in [2.75, 3.05) is 7.05 Å². The summed E-state index contributed by atoms with van der Waals surface area (Å²) in [5.41, 5.74) is 0. The Morgan fingerprint density at radius 3 is 2.58 bits per heavy atom. The molecule has 12 heavy (non-hydrogen) atoms. The van der Waals surface area contributed by atoms with Crippen molar-refractivity contribution >= 4 is 0 Å². The molecule has 0 spiro atoms. The summed E-state index contributed by atoms with van der Waals surface area (Å²) in [5, 5.41) is 8.59. The molecule has 2 atom stereocenters. The van der Waals surface area contributed by atoms with Crippen LogP contribution in [0.1, 0.15) is 33.1 Å². The van der Waals surface area contributed by atoms with E-state index in [0.717, 1.165) is 5.92 Å². The van der Waals surface area contributed by atoms with E-state index in [9.17, 15) is 0 Å². The minimum Gasteiger partial charge on any atom is -0.299 e. The summed E-state index contributed by atoms with van der Waals surface area (Å²) < 4.78 is 0. The van der Waals surface area contributed by atoms with Gasteiger partial charge in [-0.05, 0) is 25.8 Å². The first kappa shape index (κ1) is 9.54. The number of nitrogens with zero attached hydrogens (tertiary/aromatic N) is 2. The standard InChI is InChI=1S/C10H18N2/c1-8(2)10-5-4-9(6-7-11)12(10)3/h8-10H,4-6H2,1-3H3. The lowest BCUT2D eigenvalue weighted by molar-refractivity contribution is 0.200. The van der Waals surface area contributed by atoms with Crippen LogP contribution < -0.4 is 0 Å². The first-order valence-corrected chi connectivity index (χ1v) is 4.75. The van der Waals surface area contributed by atoms with Gasteiger partial charge in [0.15, 0.2) is 0 Å². The zero-order valence-corrected chi connectivity index (χ0v) is 8.25. The molecule has 1 aliphatic heterocycles. The largest absolute Gasteiger partial charge is 0.299 e. The number of rotatable bonds is 2. The van der Waals surface area contributed by atoms with Crippen molar-refractivity contribution in [2.45, 2.75) is 45.2 Å². The van der Waals surface area contributed by atoms with Gasteiger partial charge >= 0.3 is 0 Å². The van der Waals surface area contributed by atoms with Crippen molar-refractivity contribution in [3.05, 3.63) is 0 Å². The smallest absolute Gasteiger partial charge is 0.0638 e. The maximum absolute atomic E-state index is 8.59. The van der Waals surface area contributed by atoms with Gasteiger partial charge in [-0.2, -0.15) is 5.26 Å². The Morgan fingerprint density at radius 2 is 2.17 bits per heavy atom. The Balaban J connectivity index is 2.50.